The topological polar surface area (TPSA) is 91.3 Å². The van der Waals surface area contributed by atoms with Crippen LogP contribution in [-0.2, 0) is 0 Å². The zero-order valence-corrected chi connectivity index (χ0v) is 18.6. The SMILES string of the molecule is O=C(O)c1ccc(OCC2CCN(c3ccc(-c4nc5cc(Cl)ccc5[nH]4)cn3)CC2)cc1. The number of imidazole rings is 1. The number of carboxylic acids is 1. The lowest BCUT2D eigenvalue weighted by Gasteiger charge is -2.32. The van der Waals surface area contributed by atoms with E-state index in [9.17, 15) is 4.79 Å². The van der Waals surface area contributed by atoms with E-state index in [-0.39, 0.29) is 5.56 Å². The monoisotopic (exact) mass is 462 g/mol. The Morgan fingerprint density at radius 1 is 1.12 bits per heavy atom. The first-order valence-corrected chi connectivity index (χ1v) is 11.3. The summed E-state index contributed by atoms with van der Waals surface area (Å²) in [5, 5.41) is 9.65. The quantitative estimate of drug-likeness (QED) is 0.405. The van der Waals surface area contributed by atoms with E-state index < -0.39 is 5.97 Å². The van der Waals surface area contributed by atoms with Gasteiger partial charge in [-0.15, -0.1) is 0 Å². The van der Waals surface area contributed by atoms with Gasteiger partial charge in [0.25, 0.3) is 0 Å². The molecule has 5 rings (SSSR count). The number of aromatic carboxylic acids is 1. The first-order valence-electron chi connectivity index (χ1n) is 10.9. The number of hydrogen-bond donors (Lipinski definition) is 2. The number of nitrogens with zero attached hydrogens (tertiary/aromatic N) is 3. The number of H-pyrrole nitrogens is 1. The van der Waals surface area contributed by atoms with Gasteiger partial charge in [0.1, 0.15) is 17.4 Å². The van der Waals surface area contributed by atoms with Gasteiger partial charge in [-0.2, -0.15) is 0 Å². The lowest BCUT2D eigenvalue weighted by molar-refractivity contribution is 0.0697. The number of hydrogen-bond acceptors (Lipinski definition) is 5. The largest absolute Gasteiger partial charge is 0.493 e. The van der Waals surface area contributed by atoms with E-state index in [2.05, 4.69) is 19.9 Å². The van der Waals surface area contributed by atoms with Crippen LogP contribution in [-0.4, -0.2) is 45.7 Å². The highest BCUT2D eigenvalue weighted by molar-refractivity contribution is 6.31. The summed E-state index contributed by atoms with van der Waals surface area (Å²) in [6.07, 6.45) is 3.88. The van der Waals surface area contributed by atoms with Crippen molar-refractivity contribution in [3.8, 4) is 17.1 Å². The van der Waals surface area contributed by atoms with Crippen molar-refractivity contribution in [1.29, 1.82) is 0 Å². The van der Waals surface area contributed by atoms with Crippen molar-refractivity contribution in [1.82, 2.24) is 15.0 Å². The molecule has 1 aliphatic rings. The fourth-order valence-electron chi connectivity index (χ4n) is 4.07. The minimum Gasteiger partial charge on any atom is -0.493 e. The summed E-state index contributed by atoms with van der Waals surface area (Å²) in [7, 11) is 0. The summed E-state index contributed by atoms with van der Waals surface area (Å²) < 4.78 is 5.87. The van der Waals surface area contributed by atoms with Crippen molar-refractivity contribution in [3.05, 3.63) is 71.4 Å². The van der Waals surface area contributed by atoms with Crippen LogP contribution in [0.1, 0.15) is 23.2 Å². The van der Waals surface area contributed by atoms with Gasteiger partial charge >= 0.3 is 5.97 Å². The van der Waals surface area contributed by atoms with E-state index >= 15 is 0 Å². The predicted molar refractivity (Wildman–Crippen MR) is 128 cm³/mol. The lowest BCUT2D eigenvalue weighted by atomic mass is 9.98. The van der Waals surface area contributed by atoms with Gasteiger partial charge in [0.05, 0.1) is 23.2 Å². The van der Waals surface area contributed by atoms with Crippen LogP contribution in [0.25, 0.3) is 22.4 Å². The standard InChI is InChI=1S/C25H23ClN4O3/c26-19-4-7-21-22(13-19)29-24(28-21)18-3-8-23(27-14-18)30-11-9-16(10-12-30)15-33-20-5-1-17(2-6-20)25(31)32/h1-8,13-14,16H,9-12,15H2,(H,28,29)(H,31,32). The Labute approximate surface area is 196 Å². The number of fused-ring (bicyclic) bond motifs is 1. The summed E-state index contributed by atoms with van der Waals surface area (Å²) in [6.45, 7) is 2.46. The molecule has 2 aromatic heterocycles. The minimum absolute atomic E-state index is 0.263. The maximum absolute atomic E-state index is 10.9. The van der Waals surface area contributed by atoms with Crippen molar-refractivity contribution in [3.63, 3.8) is 0 Å². The molecule has 0 radical (unpaired) electrons. The molecule has 0 spiro atoms. The van der Waals surface area contributed by atoms with Crippen LogP contribution < -0.4 is 9.64 Å². The molecule has 7 nitrogen and oxygen atoms in total. The minimum atomic E-state index is -0.932. The van der Waals surface area contributed by atoms with Crippen LogP contribution in [0, 0.1) is 5.92 Å². The fourth-order valence-corrected chi connectivity index (χ4v) is 4.23. The number of rotatable bonds is 6. The van der Waals surface area contributed by atoms with Gasteiger partial charge in [0.15, 0.2) is 0 Å². The molecule has 3 heterocycles. The highest BCUT2D eigenvalue weighted by Crippen LogP contribution is 2.26. The molecule has 1 aliphatic heterocycles. The van der Waals surface area contributed by atoms with Gasteiger partial charge in [-0.25, -0.2) is 14.8 Å². The maximum atomic E-state index is 10.9. The number of carboxylic acid groups (broad SMARTS) is 1. The van der Waals surface area contributed by atoms with Crippen molar-refractivity contribution < 1.29 is 14.6 Å². The Hall–Kier alpha value is -3.58. The highest BCUT2D eigenvalue weighted by atomic mass is 35.5. The molecule has 0 aliphatic carbocycles. The van der Waals surface area contributed by atoms with E-state index in [1.165, 1.54) is 0 Å². The Bertz CT molecular complexity index is 1260. The van der Waals surface area contributed by atoms with Crippen molar-refractivity contribution in [2.45, 2.75) is 12.8 Å². The summed E-state index contributed by atoms with van der Waals surface area (Å²) in [5.41, 5.74) is 2.98. The molecule has 1 fully saturated rings. The number of anilines is 1. The lowest BCUT2D eigenvalue weighted by Crippen LogP contribution is -2.36. The number of ether oxygens (including phenoxy) is 1. The molecule has 0 atom stereocenters. The molecule has 1 saturated heterocycles. The molecule has 8 heteroatoms. The van der Waals surface area contributed by atoms with E-state index in [0.717, 1.165) is 54.2 Å². The molecule has 4 aromatic rings. The zero-order chi connectivity index (χ0) is 22.8. The fraction of sp³-hybridized carbons (Fsp3) is 0.240. The van der Waals surface area contributed by atoms with Crippen molar-refractivity contribution >= 4 is 34.4 Å². The first-order chi connectivity index (χ1) is 16.0. The zero-order valence-electron chi connectivity index (χ0n) is 17.9. The Balaban J connectivity index is 1.15. The molecule has 2 aromatic carbocycles. The van der Waals surface area contributed by atoms with E-state index in [1.807, 2.05) is 36.5 Å². The van der Waals surface area contributed by atoms with Crippen LogP contribution >= 0.6 is 11.6 Å². The Morgan fingerprint density at radius 3 is 2.61 bits per heavy atom. The van der Waals surface area contributed by atoms with Crippen molar-refractivity contribution in [2.24, 2.45) is 5.92 Å². The summed E-state index contributed by atoms with van der Waals surface area (Å²) in [5.74, 6) is 1.97. The molecule has 0 amide bonds. The summed E-state index contributed by atoms with van der Waals surface area (Å²) >= 11 is 6.06. The highest BCUT2D eigenvalue weighted by Gasteiger charge is 2.21. The van der Waals surface area contributed by atoms with Gasteiger partial charge in [0.2, 0.25) is 0 Å². The van der Waals surface area contributed by atoms with Crippen LogP contribution in [0.5, 0.6) is 5.75 Å². The van der Waals surface area contributed by atoms with Gasteiger partial charge in [0, 0.05) is 29.9 Å². The first kappa shape index (κ1) is 21.3. The average Bonchev–Trinajstić information content (AvgIpc) is 3.27. The van der Waals surface area contributed by atoms with Gasteiger partial charge < -0.3 is 19.7 Å². The second-order valence-corrected chi connectivity index (χ2v) is 8.66. The third-order valence-electron chi connectivity index (χ3n) is 5.99. The van der Waals surface area contributed by atoms with Gasteiger partial charge in [-0.3, -0.25) is 0 Å². The van der Waals surface area contributed by atoms with Crippen LogP contribution in [0.4, 0.5) is 5.82 Å². The number of pyridine rings is 1. The normalized spacial score (nSPS) is 14.5. The summed E-state index contributed by atoms with van der Waals surface area (Å²) in [6, 6.07) is 16.2. The maximum Gasteiger partial charge on any atom is 0.335 e. The number of aromatic amines is 1. The average molecular weight is 463 g/mol. The second kappa shape index (κ2) is 9.11. The molecule has 168 valence electrons. The number of nitrogens with one attached hydrogen (secondary N) is 1. The number of carbonyl (C=O) groups is 1. The number of aromatic nitrogens is 3. The molecule has 0 unspecified atom stereocenters. The van der Waals surface area contributed by atoms with E-state index in [0.29, 0.717) is 23.3 Å². The molecular weight excluding hydrogens is 440 g/mol. The second-order valence-electron chi connectivity index (χ2n) is 8.22. The van der Waals surface area contributed by atoms with Crippen LogP contribution in [0.3, 0.4) is 0 Å². The van der Waals surface area contributed by atoms with Crippen LogP contribution in [0.2, 0.25) is 5.02 Å². The van der Waals surface area contributed by atoms with Gasteiger partial charge in [-0.1, -0.05) is 11.6 Å². The molecule has 2 N–H and O–H groups in total. The third kappa shape index (κ3) is 4.78. The van der Waals surface area contributed by atoms with Crippen molar-refractivity contribution in [2.75, 3.05) is 24.6 Å². The Morgan fingerprint density at radius 2 is 1.91 bits per heavy atom. The third-order valence-corrected chi connectivity index (χ3v) is 6.23. The molecule has 0 bridgehead atoms. The molecule has 0 saturated carbocycles. The van der Waals surface area contributed by atoms with E-state index in [4.69, 9.17) is 21.4 Å². The smallest absolute Gasteiger partial charge is 0.335 e. The summed E-state index contributed by atoms with van der Waals surface area (Å²) in [4.78, 5) is 25.8. The Kier molecular flexibility index (Phi) is 5.88. The number of piperidine rings is 1. The molecular formula is C25H23ClN4O3. The number of halogens is 1. The number of benzene rings is 2. The molecule has 33 heavy (non-hydrogen) atoms. The predicted octanol–water partition coefficient (Wildman–Crippen LogP) is 5.27. The van der Waals surface area contributed by atoms with Gasteiger partial charge in [-0.05, 0) is 73.4 Å². The van der Waals surface area contributed by atoms with Crippen LogP contribution in [0.15, 0.2) is 60.8 Å². The van der Waals surface area contributed by atoms with E-state index in [1.54, 1.807) is 24.3 Å².